The fourth-order valence-corrected chi connectivity index (χ4v) is 4.52. The first-order chi connectivity index (χ1) is 17.4. The van der Waals surface area contributed by atoms with Crippen molar-refractivity contribution in [2.75, 3.05) is 6.61 Å². The molecule has 0 unspecified atom stereocenters. The van der Waals surface area contributed by atoms with E-state index in [-0.39, 0.29) is 35.6 Å². The number of para-hydroxylation sites is 1. The number of Topliss-reactive ketones (excluding diaryl/α,β-unsaturated/α-hetero) is 1. The van der Waals surface area contributed by atoms with Crippen LogP contribution in [0.2, 0.25) is 0 Å². The third kappa shape index (κ3) is 6.04. The van der Waals surface area contributed by atoms with Crippen LogP contribution in [0.15, 0.2) is 54.1 Å². The summed E-state index contributed by atoms with van der Waals surface area (Å²) in [7, 11) is 0. The summed E-state index contributed by atoms with van der Waals surface area (Å²) in [6.07, 6.45) is 1.26. The fraction of sp³-hybridized carbons (Fsp3) is 0.179. The van der Waals surface area contributed by atoms with Gasteiger partial charge in [-0.25, -0.2) is 4.79 Å². The molecule has 0 aliphatic carbocycles. The molecule has 0 atom stereocenters. The SMILES string of the molecule is CCOC(=O)c1sc(CC(=O)/C(C#N)=C/c2ccccc2OCc2ccc(C#N)cc2)c(C#N)c1C. The summed E-state index contributed by atoms with van der Waals surface area (Å²) < 4.78 is 10.9. The van der Waals surface area contributed by atoms with E-state index >= 15 is 0 Å². The molecule has 1 aromatic heterocycles. The zero-order valence-electron chi connectivity index (χ0n) is 19.7. The first kappa shape index (κ1) is 25.9. The van der Waals surface area contributed by atoms with Crippen LogP contribution in [0.1, 0.15) is 49.3 Å². The van der Waals surface area contributed by atoms with Crippen molar-refractivity contribution in [3.63, 3.8) is 0 Å². The van der Waals surface area contributed by atoms with E-state index in [9.17, 15) is 20.1 Å². The number of esters is 1. The van der Waals surface area contributed by atoms with Crippen LogP contribution in [0.3, 0.4) is 0 Å². The van der Waals surface area contributed by atoms with Gasteiger partial charge in [-0.1, -0.05) is 30.3 Å². The Labute approximate surface area is 213 Å². The van der Waals surface area contributed by atoms with Crippen LogP contribution in [0.5, 0.6) is 5.75 Å². The number of carbonyl (C=O) groups excluding carboxylic acids is 2. The number of rotatable bonds is 9. The highest BCUT2D eigenvalue weighted by Crippen LogP contribution is 2.30. The van der Waals surface area contributed by atoms with Crippen molar-refractivity contribution in [1.82, 2.24) is 0 Å². The maximum atomic E-state index is 13.0. The zero-order valence-corrected chi connectivity index (χ0v) is 20.5. The quantitative estimate of drug-likeness (QED) is 0.225. The number of carbonyl (C=O) groups is 2. The molecule has 3 aromatic rings. The van der Waals surface area contributed by atoms with E-state index in [1.54, 1.807) is 62.4 Å². The Balaban J connectivity index is 1.83. The Hall–Kier alpha value is -4.71. The number of nitrogens with zero attached hydrogens (tertiary/aromatic N) is 3. The predicted molar refractivity (Wildman–Crippen MR) is 134 cm³/mol. The van der Waals surface area contributed by atoms with Crippen molar-refractivity contribution in [2.45, 2.75) is 26.9 Å². The molecule has 3 rings (SSSR count). The maximum absolute atomic E-state index is 13.0. The number of benzene rings is 2. The van der Waals surface area contributed by atoms with Gasteiger partial charge in [-0.15, -0.1) is 11.3 Å². The number of ether oxygens (including phenoxy) is 2. The second-order valence-electron chi connectivity index (χ2n) is 7.59. The third-order valence-electron chi connectivity index (χ3n) is 5.23. The Kier molecular flexibility index (Phi) is 8.73. The minimum atomic E-state index is -0.542. The smallest absolute Gasteiger partial charge is 0.348 e. The van der Waals surface area contributed by atoms with Crippen LogP contribution < -0.4 is 4.74 Å². The Bertz CT molecular complexity index is 1450. The first-order valence-electron chi connectivity index (χ1n) is 11.0. The van der Waals surface area contributed by atoms with Crippen molar-refractivity contribution in [1.29, 1.82) is 15.8 Å². The molecule has 0 spiro atoms. The highest BCUT2D eigenvalue weighted by molar-refractivity contribution is 7.14. The van der Waals surface area contributed by atoms with Crippen molar-refractivity contribution in [3.8, 4) is 24.0 Å². The van der Waals surface area contributed by atoms with E-state index in [1.165, 1.54) is 6.08 Å². The van der Waals surface area contributed by atoms with Crippen LogP contribution in [0.4, 0.5) is 0 Å². The lowest BCUT2D eigenvalue weighted by Crippen LogP contribution is -2.05. The molecular formula is C28H21N3O4S. The van der Waals surface area contributed by atoms with Crippen molar-refractivity contribution < 1.29 is 19.1 Å². The van der Waals surface area contributed by atoms with E-state index in [0.717, 1.165) is 16.9 Å². The Morgan fingerprint density at radius 2 is 1.75 bits per heavy atom. The average Bonchev–Trinajstić information content (AvgIpc) is 3.21. The van der Waals surface area contributed by atoms with Gasteiger partial charge in [0.05, 0.1) is 29.4 Å². The molecule has 2 aromatic carbocycles. The third-order valence-corrected chi connectivity index (χ3v) is 6.50. The maximum Gasteiger partial charge on any atom is 0.348 e. The lowest BCUT2D eigenvalue weighted by Gasteiger charge is -2.10. The van der Waals surface area contributed by atoms with Crippen molar-refractivity contribution in [3.05, 3.63) is 91.7 Å². The zero-order chi connectivity index (χ0) is 26.1. The second kappa shape index (κ2) is 12.1. The standard InChI is InChI=1S/C28H21N3O4S/c1-3-34-28(33)27-18(2)23(16-31)26(36-27)13-24(32)22(15-30)12-21-6-4-5-7-25(21)35-17-20-10-8-19(14-29)9-11-20/h4-12H,3,13,17H2,1-2H3/b22-12+. The van der Waals surface area contributed by atoms with Gasteiger partial charge in [0.25, 0.3) is 0 Å². The molecule has 178 valence electrons. The van der Waals surface area contributed by atoms with Crippen LogP contribution in [-0.4, -0.2) is 18.4 Å². The Morgan fingerprint density at radius 3 is 2.39 bits per heavy atom. The van der Waals surface area contributed by atoms with Gasteiger partial charge in [0, 0.05) is 16.9 Å². The number of hydrogen-bond acceptors (Lipinski definition) is 8. The van der Waals surface area contributed by atoms with Gasteiger partial charge in [0.1, 0.15) is 29.4 Å². The van der Waals surface area contributed by atoms with Crippen LogP contribution in [0.25, 0.3) is 6.08 Å². The van der Waals surface area contributed by atoms with E-state index in [2.05, 4.69) is 12.1 Å². The van der Waals surface area contributed by atoms with Gasteiger partial charge in [-0.05, 0) is 49.2 Å². The molecule has 0 aliphatic rings. The van der Waals surface area contributed by atoms with Gasteiger partial charge >= 0.3 is 5.97 Å². The molecule has 0 bridgehead atoms. The predicted octanol–water partition coefficient (Wildman–Crippen LogP) is 5.27. The summed E-state index contributed by atoms with van der Waals surface area (Å²) in [6, 6.07) is 20.1. The molecule has 0 saturated carbocycles. The molecule has 8 heteroatoms. The van der Waals surface area contributed by atoms with Crippen molar-refractivity contribution in [2.24, 2.45) is 0 Å². The summed E-state index contributed by atoms with van der Waals surface area (Å²) in [5.41, 5.74) is 2.57. The number of thiophene rings is 1. The summed E-state index contributed by atoms with van der Waals surface area (Å²) in [5.74, 6) is -0.538. The monoisotopic (exact) mass is 495 g/mol. The van der Waals surface area contributed by atoms with Gasteiger partial charge < -0.3 is 9.47 Å². The minimum Gasteiger partial charge on any atom is -0.488 e. The highest BCUT2D eigenvalue weighted by Gasteiger charge is 2.23. The number of ketones is 1. The first-order valence-corrected chi connectivity index (χ1v) is 11.8. The van der Waals surface area contributed by atoms with E-state index < -0.39 is 11.8 Å². The normalized spacial score (nSPS) is 10.6. The second-order valence-corrected chi connectivity index (χ2v) is 8.70. The van der Waals surface area contributed by atoms with Gasteiger partial charge in [-0.2, -0.15) is 15.8 Å². The van der Waals surface area contributed by atoms with Crippen LogP contribution in [-0.2, 0) is 22.6 Å². The Morgan fingerprint density at radius 1 is 1.03 bits per heavy atom. The van der Waals surface area contributed by atoms with E-state index in [1.807, 2.05) is 6.07 Å². The molecule has 36 heavy (non-hydrogen) atoms. The van der Waals surface area contributed by atoms with Crippen LogP contribution in [0, 0.1) is 40.9 Å². The van der Waals surface area contributed by atoms with Crippen LogP contribution >= 0.6 is 11.3 Å². The molecule has 0 N–H and O–H groups in total. The summed E-state index contributed by atoms with van der Waals surface area (Å²) in [5, 5.41) is 28.2. The summed E-state index contributed by atoms with van der Waals surface area (Å²) in [6.45, 7) is 3.76. The molecular weight excluding hydrogens is 474 g/mol. The topological polar surface area (TPSA) is 124 Å². The van der Waals surface area contributed by atoms with E-state index in [4.69, 9.17) is 14.7 Å². The number of allylic oxidation sites excluding steroid dienone is 1. The molecule has 0 saturated heterocycles. The molecule has 0 fully saturated rings. The number of hydrogen-bond donors (Lipinski definition) is 0. The van der Waals surface area contributed by atoms with Crippen molar-refractivity contribution >= 4 is 29.2 Å². The average molecular weight is 496 g/mol. The van der Waals surface area contributed by atoms with Gasteiger partial charge in [0.2, 0.25) is 0 Å². The molecule has 0 amide bonds. The highest BCUT2D eigenvalue weighted by atomic mass is 32.1. The summed E-state index contributed by atoms with van der Waals surface area (Å²) >= 11 is 1.03. The fourth-order valence-electron chi connectivity index (χ4n) is 3.37. The molecule has 0 aliphatic heterocycles. The summed E-state index contributed by atoms with van der Waals surface area (Å²) in [4.78, 5) is 25.9. The van der Waals surface area contributed by atoms with Gasteiger partial charge in [0.15, 0.2) is 5.78 Å². The lowest BCUT2D eigenvalue weighted by atomic mass is 10.0. The molecule has 7 nitrogen and oxygen atoms in total. The molecule has 1 heterocycles. The largest absolute Gasteiger partial charge is 0.488 e. The molecule has 0 radical (unpaired) electrons. The lowest BCUT2D eigenvalue weighted by molar-refractivity contribution is -0.114. The van der Waals surface area contributed by atoms with Gasteiger partial charge in [-0.3, -0.25) is 4.79 Å². The minimum absolute atomic E-state index is 0.1000. The van der Waals surface area contributed by atoms with E-state index in [0.29, 0.717) is 27.3 Å². The number of nitriles is 3.